The average molecular weight is 549 g/mol. The van der Waals surface area contributed by atoms with Crippen LogP contribution in [0.1, 0.15) is 5.69 Å². The first-order valence-electron chi connectivity index (χ1n) is 14.5. The van der Waals surface area contributed by atoms with Gasteiger partial charge in [0.2, 0.25) is 0 Å². The highest BCUT2D eigenvalue weighted by molar-refractivity contribution is 6.21. The molecule has 0 bridgehead atoms. The second-order valence-corrected chi connectivity index (χ2v) is 11.1. The molecule has 4 heterocycles. The van der Waals surface area contributed by atoms with Crippen molar-refractivity contribution < 1.29 is 0 Å². The Bertz CT molecular complexity index is 2490. The molecule has 4 heteroatoms. The lowest BCUT2D eigenvalue weighted by molar-refractivity contribution is 1.25. The summed E-state index contributed by atoms with van der Waals surface area (Å²) in [6, 6.07) is 42.5. The summed E-state index contributed by atoms with van der Waals surface area (Å²) < 4.78 is 0. The number of aryl methyl sites for hydroxylation is 1. The fraction of sp³-hybridized carbons (Fsp3) is 0.0256. The second kappa shape index (κ2) is 9.13. The van der Waals surface area contributed by atoms with E-state index < -0.39 is 0 Å². The summed E-state index contributed by atoms with van der Waals surface area (Å²) in [5.41, 5.74) is 8.68. The summed E-state index contributed by atoms with van der Waals surface area (Å²) in [6.07, 6.45) is 1.89. The predicted molar refractivity (Wildman–Crippen MR) is 178 cm³/mol. The molecule has 5 aromatic carbocycles. The Morgan fingerprint density at radius 3 is 1.70 bits per heavy atom. The maximum atomic E-state index is 5.32. The SMILES string of the molecule is Cc1ccc2ccc3ccc(-c4ccnc(-c5c6ccc7ccccc7c6nc6c5ccc5ccccc56)c4)nc3c2n1. The van der Waals surface area contributed by atoms with E-state index in [9.17, 15) is 0 Å². The van der Waals surface area contributed by atoms with Gasteiger partial charge in [0.25, 0.3) is 0 Å². The molecule has 0 unspecified atom stereocenters. The van der Waals surface area contributed by atoms with Crippen molar-refractivity contribution in [2.45, 2.75) is 6.92 Å². The third-order valence-corrected chi connectivity index (χ3v) is 8.53. The Morgan fingerprint density at radius 2 is 1.00 bits per heavy atom. The molecule has 0 fully saturated rings. The van der Waals surface area contributed by atoms with E-state index in [1.807, 2.05) is 25.3 Å². The number of benzene rings is 5. The highest BCUT2D eigenvalue weighted by Crippen LogP contribution is 2.40. The fourth-order valence-corrected chi connectivity index (χ4v) is 6.44. The Hall–Kier alpha value is -5.74. The van der Waals surface area contributed by atoms with E-state index in [4.69, 9.17) is 19.9 Å². The van der Waals surface area contributed by atoms with Crippen LogP contribution in [-0.2, 0) is 0 Å². The van der Waals surface area contributed by atoms with Crippen molar-refractivity contribution in [3.05, 3.63) is 133 Å². The maximum absolute atomic E-state index is 5.32. The molecular formula is C39H24N4. The van der Waals surface area contributed by atoms with E-state index in [1.54, 1.807) is 0 Å². The van der Waals surface area contributed by atoms with Gasteiger partial charge in [0.1, 0.15) is 0 Å². The van der Waals surface area contributed by atoms with Crippen LogP contribution in [0.3, 0.4) is 0 Å². The number of hydrogen-bond acceptors (Lipinski definition) is 4. The van der Waals surface area contributed by atoms with Crippen LogP contribution < -0.4 is 0 Å². The first-order chi connectivity index (χ1) is 21.2. The topological polar surface area (TPSA) is 51.6 Å². The second-order valence-electron chi connectivity index (χ2n) is 11.1. The van der Waals surface area contributed by atoms with Crippen molar-refractivity contribution in [3.8, 4) is 22.5 Å². The van der Waals surface area contributed by atoms with Gasteiger partial charge in [-0.1, -0.05) is 97.1 Å². The molecule has 0 N–H and O–H groups in total. The van der Waals surface area contributed by atoms with Gasteiger partial charge in [-0.05, 0) is 42.0 Å². The van der Waals surface area contributed by atoms with E-state index in [-0.39, 0.29) is 0 Å². The van der Waals surface area contributed by atoms with Crippen LogP contribution in [0, 0.1) is 6.92 Å². The molecular weight excluding hydrogens is 524 g/mol. The van der Waals surface area contributed by atoms with Crippen molar-refractivity contribution in [2.24, 2.45) is 0 Å². The standard InChI is InChI=1S/C39H24N4/c1-23-10-11-26-12-13-27-16-19-33(42-37(27)36(26)41-23)28-20-21-40-34(22-28)35-31-17-14-24-6-2-4-8-29(24)38(31)43-39-30-9-5-3-7-25(30)15-18-32(35)39/h2-22H,1H3. The van der Waals surface area contributed by atoms with E-state index in [0.717, 1.165) is 82.6 Å². The first kappa shape index (κ1) is 23.9. The first-order valence-corrected chi connectivity index (χ1v) is 14.5. The Labute approximate surface area is 247 Å². The fourth-order valence-electron chi connectivity index (χ4n) is 6.44. The van der Waals surface area contributed by atoms with Crippen LogP contribution >= 0.6 is 0 Å². The summed E-state index contributed by atoms with van der Waals surface area (Å²) in [7, 11) is 0. The number of hydrogen-bond donors (Lipinski definition) is 0. The van der Waals surface area contributed by atoms with Gasteiger partial charge in [-0.2, -0.15) is 0 Å². The zero-order valence-electron chi connectivity index (χ0n) is 23.4. The van der Waals surface area contributed by atoms with Gasteiger partial charge in [0, 0.05) is 55.3 Å². The summed E-state index contributed by atoms with van der Waals surface area (Å²) in [6.45, 7) is 2.02. The molecule has 0 aliphatic carbocycles. The minimum absolute atomic E-state index is 0.894. The number of aromatic nitrogens is 4. The predicted octanol–water partition coefficient (Wildman–Crippen LogP) is 9.83. The number of pyridine rings is 4. The van der Waals surface area contributed by atoms with Crippen molar-refractivity contribution in [1.82, 2.24) is 19.9 Å². The van der Waals surface area contributed by atoms with Crippen LogP contribution in [0.4, 0.5) is 0 Å². The molecule has 9 rings (SSSR count). The molecule has 9 aromatic rings. The molecule has 200 valence electrons. The zero-order chi connectivity index (χ0) is 28.5. The van der Waals surface area contributed by atoms with E-state index >= 15 is 0 Å². The van der Waals surface area contributed by atoms with Gasteiger partial charge < -0.3 is 0 Å². The van der Waals surface area contributed by atoms with Gasteiger partial charge in [0.05, 0.1) is 33.5 Å². The molecule has 0 saturated carbocycles. The highest BCUT2D eigenvalue weighted by atomic mass is 14.8. The van der Waals surface area contributed by atoms with Gasteiger partial charge in [-0.15, -0.1) is 0 Å². The Kier molecular flexibility index (Phi) is 5.08. The lowest BCUT2D eigenvalue weighted by Gasteiger charge is -2.15. The maximum Gasteiger partial charge on any atom is 0.0972 e. The van der Waals surface area contributed by atoms with Gasteiger partial charge in [-0.3, -0.25) is 9.97 Å². The molecule has 0 aliphatic rings. The Morgan fingerprint density at radius 1 is 0.419 bits per heavy atom. The molecule has 0 aliphatic heterocycles. The normalized spacial score (nSPS) is 11.8. The van der Waals surface area contributed by atoms with Gasteiger partial charge >= 0.3 is 0 Å². The Balaban J connectivity index is 1.34. The monoisotopic (exact) mass is 548 g/mol. The largest absolute Gasteiger partial charge is 0.256 e. The molecule has 0 radical (unpaired) electrons. The molecule has 4 nitrogen and oxygen atoms in total. The quantitative estimate of drug-likeness (QED) is 0.159. The van der Waals surface area contributed by atoms with Crippen molar-refractivity contribution in [3.63, 3.8) is 0 Å². The van der Waals surface area contributed by atoms with E-state index in [2.05, 4.69) is 109 Å². The minimum atomic E-state index is 0.894. The van der Waals surface area contributed by atoms with Gasteiger partial charge in [0.15, 0.2) is 0 Å². The van der Waals surface area contributed by atoms with Crippen LogP contribution in [0.2, 0.25) is 0 Å². The average Bonchev–Trinajstić information content (AvgIpc) is 3.07. The third kappa shape index (κ3) is 3.70. The third-order valence-electron chi connectivity index (χ3n) is 8.53. The molecule has 0 saturated heterocycles. The van der Waals surface area contributed by atoms with Crippen molar-refractivity contribution in [2.75, 3.05) is 0 Å². The number of nitrogens with zero attached hydrogens (tertiary/aromatic N) is 4. The highest BCUT2D eigenvalue weighted by Gasteiger charge is 2.17. The lowest BCUT2D eigenvalue weighted by Crippen LogP contribution is -1.94. The van der Waals surface area contributed by atoms with Crippen LogP contribution in [0.5, 0.6) is 0 Å². The van der Waals surface area contributed by atoms with Crippen LogP contribution in [0.25, 0.3) is 87.7 Å². The lowest BCUT2D eigenvalue weighted by atomic mass is 9.94. The molecule has 0 spiro atoms. The summed E-state index contributed by atoms with van der Waals surface area (Å²) in [5, 5.41) is 8.96. The van der Waals surface area contributed by atoms with Crippen LogP contribution in [-0.4, -0.2) is 19.9 Å². The molecule has 4 aromatic heterocycles. The number of fused-ring (bicyclic) bond motifs is 9. The van der Waals surface area contributed by atoms with Crippen LogP contribution in [0.15, 0.2) is 128 Å². The van der Waals surface area contributed by atoms with Crippen molar-refractivity contribution >= 4 is 65.2 Å². The molecule has 0 amide bonds. The smallest absolute Gasteiger partial charge is 0.0972 e. The molecule has 0 atom stereocenters. The van der Waals surface area contributed by atoms with Gasteiger partial charge in [-0.25, -0.2) is 9.97 Å². The van der Waals surface area contributed by atoms with Crippen molar-refractivity contribution in [1.29, 1.82) is 0 Å². The zero-order valence-corrected chi connectivity index (χ0v) is 23.4. The summed E-state index contributed by atoms with van der Waals surface area (Å²) in [4.78, 5) is 20.3. The molecule has 43 heavy (non-hydrogen) atoms. The summed E-state index contributed by atoms with van der Waals surface area (Å²) >= 11 is 0. The summed E-state index contributed by atoms with van der Waals surface area (Å²) in [5.74, 6) is 0. The van der Waals surface area contributed by atoms with E-state index in [0.29, 0.717) is 0 Å². The number of rotatable bonds is 2. The van der Waals surface area contributed by atoms with E-state index in [1.165, 1.54) is 10.8 Å². The minimum Gasteiger partial charge on any atom is -0.256 e.